The van der Waals surface area contributed by atoms with Gasteiger partial charge in [-0.3, -0.25) is 4.79 Å². The summed E-state index contributed by atoms with van der Waals surface area (Å²) in [5.41, 5.74) is 0.834. The van der Waals surface area contributed by atoms with Gasteiger partial charge in [0.05, 0.1) is 25.4 Å². The zero-order valence-electron chi connectivity index (χ0n) is 8.58. The highest BCUT2D eigenvalue weighted by molar-refractivity contribution is 9.10. The van der Waals surface area contributed by atoms with Gasteiger partial charge in [0.2, 0.25) is 0 Å². The van der Waals surface area contributed by atoms with Crippen LogP contribution in [0.1, 0.15) is 12.1 Å². The molecule has 15 heavy (non-hydrogen) atoms. The highest BCUT2D eigenvalue weighted by atomic mass is 79.9. The summed E-state index contributed by atoms with van der Waals surface area (Å²) < 4.78 is 5.16. The molecule has 1 N–H and O–H groups in total. The summed E-state index contributed by atoms with van der Waals surface area (Å²) in [4.78, 5) is 19.1. The molecule has 0 fully saturated rings. The summed E-state index contributed by atoms with van der Waals surface area (Å²) in [5, 5.41) is 2.98. The van der Waals surface area contributed by atoms with Crippen molar-refractivity contribution in [3.05, 3.63) is 16.5 Å². The summed E-state index contributed by atoms with van der Waals surface area (Å²) >= 11 is 3.28. The molecular formula is C9H12BrN3O2. The van der Waals surface area contributed by atoms with Crippen molar-refractivity contribution in [2.75, 3.05) is 19.0 Å². The second-order valence-corrected chi connectivity index (χ2v) is 3.65. The molecule has 1 aromatic rings. The monoisotopic (exact) mass is 273 g/mol. The lowest BCUT2D eigenvalue weighted by molar-refractivity contribution is -0.140. The summed E-state index contributed by atoms with van der Waals surface area (Å²) in [7, 11) is 1.37. The Morgan fingerprint density at radius 2 is 2.40 bits per heavy atom. The number of hydrogen-bond donors (Lipinski definition) is 1. The van der Waals surface area contributed by atoms with E-state index in [-0.39, 0.29) is 5.97 Å². The summed E-state index contributed by atoms with van der Waals surface area (Å²) in [5.74, 6) is 0.378. The van der Waals surface area contributed by atoms with E-state index in [4.69, 9.17) is 0 Å². The van der Waals surface area contributed by atoms with Crippen LogP contribution in [0.15, 0.2) is 10.8 Å². The van der Waals surface area contributed by atoms with Crippen molar-refractivity contribution >= 4 is 27.7 Å². The molecule has 1 heterocycles. The van der Waals surface area contributed by atoms with E-state index in [2.05, 4.69) is 36.0 Å². The topological polar surface area (TPSA) is 64.1 Å². The Morgan fingerprint density at radius 1 is 1.67 bits per heavy atom. The molecule has 0 aliphatic rings. The molecule has 0 spiro atoms. The fraction of sp³-hybridized carbons (Fsp3) is 0.444. The second-order valence-electron chi connectivity index (χ2n) is 2.90. The van der Waals surface area contributed by atoms with E-state index < -0.39 is 0 Å². The number of aryl methyl sites for hydroxylation is 1. The lowest BCUT2D eigenvalue weighted by atomic mass is 10.4. The van der Waals surface area contributed by atoms with Gasteiger partial charge in [0.1, 0.15) is 4.60 Å². The van der Waals surface area contributed by atoms with Crippen molar-refractivity contribution in [1.29, 1.82) is 0 Å². The Bertz CT molecular complexity index is 357. The lowest BCUT2D eigenvalue weighted by Gasteiger charge is -2.06. The summed E-state index contributed by atoms with van der Waals surface area (Å²) in [6, 6.07) is 0. The predicted octanol–water partition coefficient (Wildman–Crippen LogP) is 1.52. The minimum atomic E-state index is -0.251. The summed E-state index contributed by atoms with van der Waals surface area (Å²) in [6.45, 7) is 2.33. The molecular weight excluding hydrogens is 262 g/mol. The first-order chi connectivity index (χ1) is 7.13. The molecule has 82 valence electrons. The first kappa shape index (κ1) is 11.9. The maximum absolute atomic E-state index is 10.8. The van der Waals surface area contributed by atoms with Gasteiger partial charge >= 0.3 is 5.97 Å². The van der Waals surface area contributed by atoms with Gasteiger partial charge in [-0.1, -0.05) is 0 Å². The first-order valence-corrected chi connectivity index (χ1v) is 5.22. The van der Waals surface area contributed by atoms with Gasteiger partial charge in [-0.2, -0.15) is 0 Å². The third-order valence-corrected chi connectivity index (χ3v) is 2.25. The average molecular weight is 274 g/mol. The first-order valence-electron chi connectivity index (χ1n) is 4.43. The number of carbonyl (C=O) groups excluding carboxylic acids is 1. The number of esters is 1. The number of anilines is 1. The molecule has 0 saturated heterocycles. The molecule has 0 saturated carbocycles. The van der Waals surface area contributed by atoms with Gasteiger partial charge < -0.3 is 10.1 Å². The van der Waals surface area contributed by atoms with E-state index in [9.17, 15) is 4.79 Å². The SMILES string of the molecule is COC(=O)CCNc1ncc(C)nc1Br. The number of aromatic nitrogens is 2. The molecule has 0 aromatic carbocycles. The number of nitrogens with one attached hydrogen (secondary N) is 1. The molecule has 1 rings (SSSR count). The van der Waals surface area contributed by atoms with E-state index in [1.807, 2.05) is 6.92 Å². The van der Waals surface area contributed by atoms with Gasteiger partial charge in [-0.05, 0) is 22.9 Å². The van der Waals surface area contributed by atoms with Crippen LogP contribution in [0.2, 0.25) is 0 Å². The number of hydrogen-bond acceptors (Lipinski definition) is 5. The molecule has 0 bridgehead atoms. The maximum atomic E-state index is 10.8. The van der Waals surface area contributed by atoms with Gasteiger partial charge in [-0.15, -0.1) is 0 Å². The van der Waals surface area contributed by atoms with Crippen LogP contribution in [0.5, 0.6) is 0 Å². The Morgan fingerprint density at radius 3 is 3.00 bits per heavy atom. The third-order valence-electron chi connectivity index (χ3n) is 1.70. The van der Waals surface area contributed by atoms with Crippen molar-refractivity contribution in [2.24, 2.45) is 0 Å². The second kappa shape index (κ2) is 5.65. The van der Waals surface area contributed by atoms with Crippen LogP contribution in [0.3, 0.4) is 0 Å². The van der Waals surface area contributed by atoms with Crippen LogP contribution >= 0.6 is 15.9 Å². The Balaban J connectivity index is 2.47. The van der Waals surface area contributed by atoms with Gasteiger partial charge in [0, 0.05) is 6.54 Å². The van der Waals surface area contributed by atoms with Crippen LogP contribution in [-0.4, -0.2) is 29.6 Å². The Labute approximate surface area is 96.4 Å². The smallest absolute Gasteiger partial charge is 0.307 e. The number of methoxy groups -OCH3 is 1. The van der Waals surface area contributed by atoms with Crippen LogP contribution in [0.25, 0.3) is 0 Å². The van der Waals surface area contributed by atoms with Gasteiger partial charge in [-0.25, -0.2) is 9.97 Å². The fourth-order valence-corrected chi connectivity index (χ4v) is 1.47. The van der Waals surface area contributed by atoms with Gasteiger partial charge in [0.15, 0.2) is 5.82 Å². The van der Waals surface area contributed by atoms with Crippen LogP contribution in [-0.2, 0) is 9.53 Å². The number of ether oxygens (including phenoxy) is 1. The van der Waals surface area contributed by atoms with Crippen molar-refractivity contribution < 1.29 is 9.53 Å². The largest absolute Gasteiger partial charge is 0.469 e. The number of rotatable bonds is 4. The molecule has 1 aromatic heterocycles. The molecule has 0 radical (unpaired) electrons. The van der Waals surface area contributed by atoms with Crippen LogP contribution < -0.4 is 5.32 Å². The highest BCUT2D eigenvalue weighted by Gasteiger charge is 2.04. The van der Waals surface area contributed by atoms with E-state index in [1.54, 1.807) is 6.20 Å². The molecule has 6 heteroatoms. The van der Waals surface area contributed by atoms with Gasteiger partial charge in [0.25, 0.3) is 0 Å². The van der Waals surface area contributed by atoms with Crippen LogP contribution in [0.4, 0.5) is 5.82 Å². The molecule has 0 aliphatic heterocycles. The Kier molecular flexibility index (Phi) is 4.48. The quantitative estimate of drug-likeness (QED) is 0.843. The zero-order chi connectivity index (χ0) is 11.3. The fourth-order valence-electron chi connectivity index (χ4n) is 0.951. The number of nitrogens with zero attached hydrogens (tertiary/aromatic N) is 2. The summed E-state index contributed by atoms with van der Waals surface area (Å²) in [6.07, 6.45) is 1.96. The number of carbonyl (C=O) groups is 1. The molecule has 5 nitrogen and oxygen atoms in total. The van der Waals surface area contributed by atoms with Crippen molar-refractivity contribution in [3.63, 3.8) is 0 Å². The van der Waals surface area contributed by atoms with Crippen LogP contribution in [0, 0.1) is 6.92 Å². The molecule has 0 unspecified atom stereocenters. The highest BCUT2D eigenvalue weighted by Crippen LogP contribution is 2.16. The minimum absolute atomic E-state index is 0.251. The minimum Gasteiger partial charge on any atom is -0.469 e. The predicted molar refractivity (Wildman–Crippen MR) is 59.6 cm³/mol. The van der Waals surface area contributed by atoms with E-state index in [1.165, 1.54) is 7.11 Å². The maximum Gasteiger partial charge on any atom is 0.307 e. The van der Waals surface area contributed by atoms with E-state index in [0.29, 0.717) is 23.4 Å². The lowest BCUT2D eigenvalue weighted by Crippen LogP contribution is -2.11. The molecule has 0 aliphatic carbocycles. The number of halogens is 1. The molecule has 0 amide bonds. The zero-order valence-corrected chi connectivity index (χ0v) is 10.2. The van der Waals surface area contributed by atoms with Crippen molar-refractivity contribution in [2.45, 2.75) is 13.3 Å². The Hall–Kier alpha value is -1.17. The average Bonchev–Trinajstić information content (AvgIpc) is 2.21. The third kappa shape index (κ3) is 3.83. The van der Waals surface area contributed by atoms with Crippen molar-refractivity contribution in [3.8, 4) is 0 Å². The normalized spacial score (nSPS) is 9.80. The van der Waals surface area contributed by atoms with E-state index in [0.717, 1.165) is 5.69 Å². The standard InChI is InChI=1S/C9H12BrN3O2/c1-6-5-12-9(8(10)13-6)11-4-3-7(14)15-2/h5H,3-4H2,1-2H3,(H,11,12). The van der Waals surface area contributed by atoms with E-state index >= 15 is 0 Å². The van der Waals surface area contributed by atoms with Crippen molar-refractivity contribution in [1.82, 2.24) is 9.97 Å². The molecule has 0 atom stereocenters.